The molecule has 2 aromatic rings. The van der Waals surface area contributed by atoms with Crippen molar-refractivity contribution in [1.29, 1.82) is 0 Å². The van der Waals surface area contributed by atoms with Gasteiger partial charge in [-0.05, 0) is 47.5 Å². The summed E-state index contributed by atoms with van der Waals surface area (Å²) in [5.74, 6) is 0.600. The largest absolute Gasteiger partial charge is 0.338 e. The van der Waals surface area contributed by atoms with Crippen LogP contribution in [0.5, 0.6) is 0 Å². The Hall–Kier alpha value is -1.69. The minimum atomic E-state index is -0.112. The molecule has 1 saturated heterocycles. The zero-order valence-corrected chi connectivity index (χ0v) is 16.0. The lowest BCUT2D eigenvalue weighted by Gasteiger charge is -2.31. The van der Waals surface area contributed by atoms with Gasteiger partial charge in [0.1, 0.15) is 0 Å². The maximum absolute atomic E-state index is 12.9. The molecule has 0 N–H and O–H groups in total. The second-order valence-electron chi connectivity index (χ2n) is 7.62. The number of likely N-dealkylation sites (tertiary alicyclic amines) is 1. The first kappa shape index (κ1) is 17.1. The van der Waals surface area contributed by atoms with E-state index in [-0.39, 0.29) is 11.4 Å². The topological polar surface area (TPSA) is 51.0 Å². The lowest BCUT2D eigenvalue weighted by molar-refractivity contribution is 0.0712. The lowest BCUT2D eigenvalue weighted by atomic mass is 9.97. The summed E-state index contributed by atoms with van der Waals surface area (Å²) in [7, 11) is 0. The van der Waals surface area contributed by atoms with Gasteiger partial charge in [0, 0.05) is 36.3 Å². The van der Waals surface area contributed by atoms with Crippen LogP contribution in [-0.4, -0.2) is 38.7 Å². The fraction of sp³-hybridized carbons (Fsp3) is 0.611. The highest BCUT2D eigenvalue weighted by Crippen LogP contribution is 2.31. The second-order valence-corrected chi connectivity index (χ2v) is 8.89. The highest BCUT2D eigenvalue weighted by Gasteiger charge is 2.28. The Morgan fingerprint density at radius 3 is 2.42 bits per heavy atom. The number of thiazole rings is 1. The van der Waals surface area contributed by atoms with E-state index in [4.69, 9.17) is 0 Å². The Morgan fingerprint density at radius 2 is 1.92 bits per heavy atom. The summed E-state index contributed by atoms with van der Waals surface area (Å²) >= 11 is 1.78. The standard InChI is InChI=1S/C18H26N4OS/c1-12-10-19-16(24-12)14-6-8-21(9-7-14)17(23)15-11-22(18(3,4)5)20-13(15)2/h10-11,14H,6-9H2,1-5H3. The van der Waals surface area contributed by atoms with Crippen molar-refractivity contribution in [3.8, 4) is 0 Å². The van der Waals surface area contributed by atoms with E-state index in [1.165, 1.54) is 9.88 Å². The maximum atomic E-state index is 12.9. The molecule has 3 heterocycles. The molecule has 0 radical (unpaired) electrons. The van der Waals surface area contributed by atoms with Gasteiger partial charge in [0.2, 0.25) is 0 Å². The van der Waals surface area contributed by atoms with Crippen LogP contribution in [0, 0.1) is 13.8 Å². The van der Waals surface area contributed by atoms with Gasteiger partial charge < -0.3 is 4.90 Å². The molecule has 0 saturated carbocycles. The summed E-state index contributed by atoms with van der Waals surface area (Å²) in [6.07, 6.45) is 5.83. The number of nitrogens with zero attached hydrogens (tertiary/aromatic N) is 4. The SMILES string of the molecule is Cc1cnc(C2CCN(C(=O)c3cn(C(C)(C)C)nc3C)CC2)s1. The molecule has 0 aliphatic carbocycles. The molecule has 5 nitrogen and oxygen atoms in total. The first-order valence-corrected chi connectivity index (χ1v) is 9.35. The van der Waals surface area contributed by atoms with Crippen molar-refractivity contribution in [2.24, 2.45) is 0 Å². The number of aryl methyl sites for hydroxylation is 2. The van der Waals surface area contributed by atoms with Gasteiger partial charge in [-0.1, -0.05) is 0 Å². The number of hydrogen-bond donors (Lipinski definition) is 0. The predicted molar refractivity (Wildman–Crippen MR) is 96.7 cm³/mol. The molecule has 1 aliphatic rings. The van der Waals surface area contributed by atoms with E-state index in [9.17, 15) is 4.79 Å². The first-order chi connectivity index (χ1) is 11.3. The van der Waals surface area contributed by atoms with Gasteiger partial charge in [-0.3, -0.25) is 9.48 Å². The molecule has 0 atom stereocenters. The summed E-state index contributed by atoms with van der Waals surface area (Å²) in [5.41, 5.74) is 1.43. The summed E-state index contributed by atoms with van der Waals surface area (Å²) in [6.45, 7) is 11.9. The summed E-state index contributed by atoms with van der Waals surface area (Å²) in [4.78, 5) is 20.6. The van der Waals surface area contributed by atoms with Crippen molar-refractivity contribution < 1.29 is 4.79 Å². The van der Waals surface area contributed by atoms with Crippen LogP contribution in [0.25, 0.3) is 0 Å². The van der Waals surface area contributed by atoms with Crippen LogP contribution in [0.1, 0.15) is 65.5 Å². The average Bonchev–Trinajstić information content (AvgIpc) is 3.12. The highest BCUT2D eigenvalue weighted by molar-refractivity contribution is 7.11. The van der Waals surface area contributed by atoms with Crippen LogP contribution in [0.15, 0.2) is 12.4 Å². The Labute approximate surface area is 147 Å². The molecule has 1 amide bonds. The fourth-order valence-corrected chi connectivity index (χ4v) is 4.02. The third-order valence-corrected chi connectivity index (χ3v) is 5.66. The molecule has 6 heteroatoms. The van der Waals surface area contributed by atoms with Crippen molar-refractivity contribution in [2.75, 3.05) is 13.1 Å². The Bertz CT molecular complexity index is 733. The van der Waals surface area contributed by atoms with Crippen LogP contribution in [-0.2, 0) is 5.54 Å². The molecular weight excluding hydrogens is 320 g/mol. The predicted octanol–water partition coefficient (Wildman–Crippen LogP) is 3.73. The Balaban J connectivity index is 1.68. The van der Waals surface area contributed by atoms with Crippen molar-refractivity contribution in [1.82, 2.24) is 19.7 Å². The van der Waals surface area contributed by atoms with Gasteiger partial charge in [0.05, 0.1) is 21.8 Å². The lowest BCUT2D eigenvalue weighted by Crippen LogP contribution is -2.38. The number of carbonyl (C=O) groups is 1. The van der Waals surface area contributed by atoms with Gasteiger partial charge in [-0.15, -0.1) is 11.3 Å². The molecule has 3 rings (SSSR count). The monoisotopic (exact) mass is 346 g/mol. The molecule has 0 unspecified atom stereocenters. The van der Waals surface area contributed by atoms with Crippen molar-refractivity contribution >= 4 is 17.2 Å². The molecular formula is C18H26N4OS. The molecule has 2 aromatic heterocycles. The molecule has 0 aromatic carbocycles. The number of amides is 1. The van der Waals surface area contributed by atoms with Crippen LogP contribution in [0.2, 0.25) is 0 Å². The summed E-state index contributed by atoms with van der Waals surface area (Å²) in [6, 6.07) is 0. The van der Waals surface area contributed by atoms with E-state index in [1.807, 2.05) is 28.9 Å². The number of aromatic nitrogens is 3. The Kier molecular flexibility index (Phi) is 4.51. The van der Waals surface area contributed by atoms with E-state index in [1.54, 1.807) is 11.3 Å². The van der Waals surface area contributed by atoms with Gasteiger partial charge in [-0.2, -0.15) is 5.10 Å². The van der Waals surface area contributed by atoms with Gasteiger partial charge in [-0.25, -0.2) is 4.98 Å². The van der Waals surface area contributed by atoms with Crippen LogP contribution in [0.4, 0.5) is 0 Å². The normalized spacial score (nSPS) is 16.6. The van der Waals surface area contributed by atoms with Gasteiger partial charge >= 0.3 is 0 Å². The molecule has 24 heavy (non-hydrogen) atoms. The fourth-order valence-electron chi connectivity index (χ4n) is 3.07. The average molecular weight is 347 g/mol. The first-order valence-electron chi connectivity index (χ1n) is 8.54. The van der Waals surface area contributed by atoms with E-state index >= 15 is 0 Å². The number of carbonyl (C=O) groups excluding carboxylic acids is 1. The van der Waals surface area contributed by atoms with E-state index in [0.717, 1.165) is 37.2 Å². The molecule has 1 aliphatic heterocycles. The molecule has 130 valence electrons. The molecule has 0 spiro atoms. The van der Waals surface area contributed by atoms with Gasteiger partial charge in [0.25, 0.3) is 5.91 Å². The zero-order chi connectivity index (χ0) is 17.5. The van der Waals surface area contributed by atoms with Crippen LogP contribution < -0.4 is 0 Å². The van der Waals surface area contributed by atoms with Gasteiger partial charge in [0.15, 0.2) is 0 Å². The summed E-state index contributed by atoms with van der Waals surface area (Å²) < 4.78 is 1.89. The number of hydrogen-bond acceptors (Lipinski definition) is 4. The smallest absolute Gasteiger partial charge is 0.257 e. The molecule has 1 fully saturated rings. The van der Waals surface area contributed by atoms with E-state index < -0.39 is 0 Å². The third kappa shape index (κ3) is 3.38. The van der Waals surface area contributed by atoms with Crippen LogP contribution in [0.3, 0.4) is 0 Å². The van der Waals surface area contributed by atoms with E-state index in [0.29, 0.717) is 5.92 Å². The quantitative estimate of drug-likeness (QED) is 0.832. The number of rotatable bonds is 2. The molecule has 0 bridgehead atoms. The number of piperidine rings is 1. The van der Waals surface area contributed by atoms with Crippen LogP contribution >= 0.6 is 11.3 Å². The summed E-state index contributed by atoms with van der Waals surface area (Å²) in [5, 5.41) is 5.74. The minimum absolute atomic E-state index is 0.108. The second kappa shape index (κ2) is 6.31. The minimum Gasteiger partial charge on any atom is -0.338 e. The zero-order valence-electron chi connectivity index (χ0n) is 15.2. The van der Waals surface area contributed by atoms with Crippen molar-refractivity contribution in [3.63, 3.8) is 0 Å². The van der Waals surface area contributed by atoms with E-state index in [2.05, 4.69) is 37.8 Å². The third-order valence-electron chi connectivity index (χ3n) is 4.59. The van der Waals surface area contributed by atoms with Crippen molar-refractivity contribution in [3.05, 3.63) is 33.5 Å². The highest BCUT2D eigenvalue weighted by atomic mass is 32.1. The maximum Gasteiger partial charge on any atom is 0.257 e. The Morgan fingerprint density at radius 1 is 1.25 bits per heavy atom. The van der Waals surface area contributed by atoms with Crippen molar-refractivity contribution in [2.45, 2.75) is 58.9 Å².